The maximum atomic E-state index is 13.9. The number of ether oxygens (including phenoxy) is 2. The molecule has 0 atom stereocenters. The van der Waals surface area contributed by atoms with Gasteiger partial charge in [-0.1, -0.05) is 35.5 Å². The Labute approximate surface area is 259 Å². The zero-order valence-electron chi connectivity index (χ0n) is 25.8. The van der Waals surface area contributed by atoms with E-state index in [1.165, 1.54) is 0 Å². The van der Waals surface area contributed by atoms with E-state index in [1.807, 2.05) is 62.1 Å². The van der Waals surface area contributed by atoms with Gasteiger partial charge in [0.15, 0.2) is 0 Å². The molecule has 3 aromatic heterocycles. The zero-order chi connectivity index (χ0) is 30.8. The number of aromatic nitrogens is 4. The molecule has 1 N–H and O–H groups in total. The molecule has 0 bridgehead atoms. The lowest BCUT2D eigenvalue weighted by molar-refractivity contribution is -0.0746. The first kappa shape index (κ1) is 27.7. The summed E-state index contributed by atoms with van der Waals surface area (Å²) in [5.41, 5.74) is 6.73. The fourth-order valence-electron chi connectivity index (χ4n) is 6.95. The number of fused-ring (bicyclic) bond motifs is 4. The Balaban J connectivity index is 1.25. The maximum Gasteiger partial charge on any atom is 0.254 e. The number of rotatable bonds is 5. The maximum absolute atomic E-state index is 13.9. The summed E-state index contributed by atoms with van der Waals surface area (Å²) in [4.78, 5) is 31.6. The van der Waals surface area contributed by atoms with Crippen LogP contribution in [0.5, 0.6) is 5.75 Å². The standard InChI is InChI=1S/C35H34N6O4/c1-19-31(20(2)45-39-19)28-15-29-27(16-30(28)43-4)32-33(36-21(3)37-34(32)38-29)25-9-10-26(24-8-6-5-7-23(24)25)35(42)41-13-11-40(12-14-41)22-17-44-18-22/h5-10,15-16,22H,11-14,17-18H2,1-4H3,(H,36,37,38). The van der Waals surface area contributed by atoms with Gasteiger partial charge in [-0.15, -0.1) is 0 Å². The van der Waals surface area contributed by atoms with Crippen LogP contribution in [-0.4, -0.2) is 88.4 Å². The first-order valence-electron chi connectivity index (χ1n) is 15.4. The first-order valence-corrected chi connectivity index (χ1v) is 15.4. The molecular formula is C35H34N6O4. The van der Waals surface area contributed by atoms with Crippen molar-refractivity contribution in [2.24, 2.45) is 0 Å². The van der Waals surface area contributed by atoms with Gasteiger partial charge in [-0.05, 0) is 49.7 Å². The lowest BCUT2D eigenvalue weighted by atomic mass is 9.94. The molecule has 0 spiro atoms. The van der Waals surface area contributed by atoms with Gasteiger partial charge in [0.25, 0.3) is 5.91 Å². The van der Waals surface area contributed by atoms with Gasteiger partial charge in [-0.2, -0.15) is 0 Å². The molecule has 45 heavy (non-hydrogen) atoms. The van der Waals surface area contributed by atoms with E-state index in [-0.39, 0.29) is 5.91 Å². The number of hydrogen-bond acceptors (Lipinski definition) is 8. The average molecular weight is 603 g/mol. The van der Waals surface area contributed by atoms with E-state index < -0.39 is 0 Å². The van der Waals surface area contributed by atoms with E-state index in [2.05, 4.69) is 27.2 Å². The minimum atomic E-state index is 0.0648. The molecule has 8 rings (SSSR count). The van der Waals surface area contributed by atoms with Crippen molar-refractivity contribution in [2.75, 3.05) is 46.5 Å². The van der Waals surface area contributed by atoms with Gasteiger partial charge in [0.2, 0.25) is 0 Å². The van der Waals surface area contributed by atoms with Crippen LogP contribution < -0.4 is 4.74 Å². The van der Waals surface area contributed by atoms with Crippen molar-refractivity contribution < 1.29 is 18.8 Å². The van der Waals surface area contributed by atoms with Gasteiger partial charge in [0.05, 0.1) is 48.7 Å². The largest absolute Gasteiger partial charge is 0.496 e. The second-order valence-electron chi connectivity index (χ2n) is 12.0. The Hall–Kier alpha value is -4.80. The van der Waals surface area contributed by atoms with Crippen molar-refractivity contribution in [2.45, 2.75) is 26.8 Å². The summed E-state index contributed by atoms with van der Waals surface area (Å²) < 4.78 is 16.7. The summed E-state index contributed by atoms with van der Waals surface area (Å²) in [5.74, 6) is 2.16. The smallest absolute Gasteiger partial charge is 0.254 e. The van der Waals surface area contributed by atoms with Crippen LogP contribution in [-0.2, 0) is 4.74 Å². The number of aromatic amines is 1. The van der Waals surface area contributed by atoms with Crippen LogP contribution in [0, 0.1) is 20.8 Å². The molecule has 5 heterocycles. The molecule has 0 radical (unpaired) electrons. The van der Waals surface area contributed by atoms with E-state index in [0.717, 1.165) is 92.9 Å². The molecule has 228 valence electrons. The molecule has 6 aromatic rings. The Morgan fingerprint density at radius 3 is 2.40 bits per heavy atom. The Kier molecular flexibility index (Phi) is 6.58. The van der Waals surface area contributed by atoms with Crippen LogP contribution in [0.4, 0.5) is 0 Å². The third-order valence-corrected chi connectivity index (χ3v) is 9.33. The van der Waals surface area contributed by atoms with Crippen LogP contribution in [0.2, 0.25) is 0 Å². The number of piperazine rings is 1. The monoisotopic (exact) mass is 602 g/mol. The number of methoxy groups -OCH3 is 1. The van der Waals surface area contributed by atoms with E-state index in [9.17, 15) is 4.79 Å². The normalized spacial score (nSPS) is 16.1. The lowest BCUT2D eigenvalue weighted by Gasteiger charge is -2.42. The third-order valence-electron chi connectivity index (χ3n) is 9.33. The van der Waals surface area contributed by atoms with Crippen molar-refractivity contribution >= 4 is 38.6 Å². The second-order valence-corrected chi connectivity index (χ2v) is 12.0. The molecule has 10 nitrogen and oxygen atoms in total. The SMILES string of the molecule is COc1cc2c(cc1-c1c(C)noc1C)[nH]c1nc(C)nc(-c3ccc(C(=O)N4CCN(C5COC5)CC4)c4ccccc34)c12. The molecule has 3 aromatic carbocycles. The summed E-state index contributed by atoms with van der Waals surface area (Å²) in [6.45, 7) is 10.5. The number of aryl methyl sites for hydroxylation is 3. The van der Waals surface area contributed by atoms with Gasteiger partial charge >= 0.3 is 0 Å². The second kappa shape index (κ2) is 10.7. The highest BCUT2D eigenvalue weighted by atomic mass is 16.5. The third kappa shape index (κ3) is 4.47. The highest BCUT2D eigenvalue weighted by Gasteiger charge is 2.31. The Morgan fingerprint density at radius 1 is 0.933 bits per heavy atom. The number of carbonyl (C=O) groups is 1. The first-order chi connectivity index (χ1) is 21.9. The molecule has 2 aliphatic heterocycles. The topological polar surface area (TPSA) is 110 Å². The van der Waals surface area contributed by atoms with Crippen molar-refractivity contribution in [1.82, 2.24) is 29.9 Å². The number of benzene rings is 3. The summed E-state index contributed by atoms with van der Waals surface area (Å²) in [6, 6.07) is 16.7. The van der Waals surface area contributed by atoms with E-state index in [4.69, 9.17) is 24.0 Å². The summed E-state index contributed by atoms with van der Waals surface area (Å²) >= 11 is 0. The highest BCUT2D eigenvalue weighted by Crippen LogP contribution is 2.42. The number of carbonyl (C=O) groups excluding carboxylic acids is 1. The molecule has 0 aliphatic carbocycles. The molecule has 2 saturated heterocycles. The predicted octanol–water partition coefficient (Wildman–Crippen LogP) is 5.68. The molecular weight excluding hydrogens is 568 g/mol. The van der Waals surface area contributed by atoms with Crippen molar-refractivity contribution in [1.29, 1.82) is 0 Å². The molecule has 1 amide bonds. The van der Waals surface area contributed by atoms with E-state index in [0.29, 0.717) is 36.3 Å². The molecule has 10 heteroatoms. The molecule has 0 saturated carbocycles. The lowest BCUT2D eigenvalue weighted by Crippen LogP contribution is -2.57. The Bertz CT molecular complexity index is 2100. The minimum absolute atomic E-state index is 0.0648. The molecule has 0 unspecified atom stereocenters. The van der Waals surface area contributed by atoms with Crippen LogP contribution in [0.25, 0.3) is 55.1 Å². The van der Waals surface area contributed by atoms with Gasteiger partial charge in [-0.25, -0.2) is 9.97 Å². The summed E-state index contributed by atoms with van der Waals surface area (Å²) in [6.07, 6.45) is 0. The quantitative estimate of drug-likeness (QED) is 0.269. The highest BCUT2D eigenvalue weighted by molar-refractivity contribution is 6.17. The van der Waals surface area contributed by atoms with E-state index >= 15 is 0 Å². The van der Waals surface area contributed by atoms with Crippen molar-refractivity contribution in [3.05, 3.63) is 71.4 Å². The van der Waals surface area contributed by atoms with Gasteiger partial charge in [-0.3, -0.25) is 9.69 Å². The van der Waals surface area contributed by atoms with E-state index in [1.54, 1.807) is 7.11 Å². The zero-order valence-corrected chi connectivity index (χ0v) is 25.8. The molecule has 2 aliphatic rings. The van der Waals surface area contributed by atoms with Crippen LogP contribution in [0.1, 0.15) is 27.6 Å². The van der Waals surface area contributed by atoms with Gasteiger partial charge in [0.1, 0.15) is 23.0 Å². The van der Waals surface area contributed by atoms with Crippen LogP contribution >= 0.6 is 0 Å². The average Bonchev–Trinajstić information content (AvgIpc) is 3.56. The number of nitrogens with one attached hydrogen (secondary N) is 1. The predicted molar refractivity (Wildman–Crippen MR) is 173 cm³/mol. The Morgan fingerprint density at radius 2 is 1.71 bits per heavy atom. The number of nitrogens with zero attached hydrogens (tertiary/aromatic N) is 5. The number of H-pyrrole nitrogens is 1. The minimum Gasteiger partial charge on any atom is -0.496 e. The number of hydrogen-bond donors (Lipinski definition) is 1. The summed E-state index contributed by atoms with van der Waals surface area (Å²) in [7, 11) is 1.67. The van der Waals surface area contributed by atoms with Crippen molar-refractivity contribution in [3.8, 4) is 28.1 Å². The number of amides is 1. The summed E-state index contributed by atoms with van der Waals surface area (Å²) in [5, 5.41) is 7.89. The van der Waals surface area contributed by atoms with Crippen LogP contribution in [0.3, 0.4) is 0 Å². The van der Waals surface area contributed by atoms with Gasteiger partial charge in [0, 0.05) is 53.8 Å². The van der Waals surface area contributed by atoms with Crippen molar-refractivity contribution in [3.63, 3.8) is 0 Å². The fourth-order valence-corrected chi connectivity index (χ4v) is 6.95. The fraction of sp³-hybridized carbons (Fsp3) is 0.314. The molecule has 2 fully saturated rings. The van der Waals surface area contributed by atoms with Crippen LogP contribution in [0.15, 0.2) is 53.1 Å². The van der Waals surface area contributed by atoms with Gasteiger partial charge < -0.3 is 23.9 Å².